The van der Waals surface area contributed by atoms with Crippen LogP contribution in [0.2, 0.25) is 0 Å². The maximum absolute atomic E-state index is 12.5. The summed E-state index contributed by atoms with van der Waals surface area (Å²) in [6, 6.07) is 7.46. The predicted molar refractivity (Wildman–Crippen MR) is 83.9 cm³/mol. The summed E-state index contributed by atoms with van der Waals surface area (Å²) in [6.07, 6.45) is -0.101. The standard InChI is InChI=1S/C15H22N2O3.ClH/c1-11-14(16-8-9-20-11)15(18)17(2)10-12-6-4-5-7-13(12)19-3;/h4-7,11,14,16H,8-10H2,1-3H3;1H/t11-,14+;/m1./s1. The maximum atomic E-state index is 12.5. The van der Waals surface area contributed by atoms with Gasteiger partial charge in [0.1, 0.15) is 11.8 Å². The lowest BCUT2D eigenvalue weighted by Crippen LogP contribution is -2.55. The second-order valence-corrected chi connectivity index (χ2v) is 5.01. The molecule has 21 heavy (non-hydrogen) atoms. The van der Waals surface area contributed by atoms with E-state index in [9.17, 15) is 4.79 Å². The Morgan fingerprint density at radius 2 is 2.19 bits per heavy atom. The van der Waals surface area contributed by atoms with E-state index in [1.807, 2.05) is 31.2 Å². The van der Waals surface area contributed by atoms with Crippen LogP contribution in [-0.4, -0.2) is 50.3 Å². The highest BCUT2D eigenvalue weighted by molar-refractivity contribution is 5.85. The van der Waals surface area contributed by atoms with Gasteiger partial charge in [0.25, 0.3) is 0 Å². The fourth-order valence-electron chi connectivity index (χ4n) is 2.41. The maximum Gasteiger partial charge on any atom is 0.242 e. The normalized spacial score (nSPS) is 21.3. The molecular weight excluding hydrogens is 292 g/mol. The minimum absolute atomic E-state index is 0. The third-order valence-electron chi connectivity index (χ3n) is 3.56. The molecule has 1 amide bonds. The van der Waals surface area contributed by atoms with Crippen LogP contribution in [0.5, 0.6) is 5.75 Å². The van der Waals surface area contributed by atoms with Gasteiger partial charge in [0, 0.05) is 25.7 Å². The van der Waals surface area contributed by atoms with E-state index in [-0.39, 0.29) is 30.5 Å². The number of rotatable bonds is 4. The number of hydrogen-bond donors (Lipinski definition) is 1. The highest BCUT2D eigenvalue weighted by Gasteiger charge is 2.30. The molecule has 118 valence electrons. The van der Waals surface area contributed by atoms with Crippen molar-refractivity contribution in [2.24, 2.45) is 0 Å². The molecule has 0 spiro atoms. The first-order valence-corrected chi connectivity index (χ1v) is 6.85. The quantitative estimate of drug-likeness (QED) is 0.914. The van der Waals surface area contributed by atoms with E-state index < -0.39 is 0 Å². The molecule has 2 rings (SSSR count). The molecule has 6 heteroatoms. The van der Waals surface area contributed by atoms with Crippen molar-refractivity contribution in [1.82, 2.24) is 10.2 Å². The van der Waals surface area contributed by atoms with Crippen LogP contribution in [0.1, 0.15) is 12.5 Å². The summed E-state index contributed by atoms with van der Waals surface area (Å²) >= 11 is 0. The zero-order valence-electron chi connectivity index (χ0n) is 12.7. The highest BCUT2D eigenvalue weighted by atomic mass is 35.5. The molecule has 1 aliphatic heterocycles. The van der Waals surface area contributed by atoms with Crippen molar-refractivity contribution in [2.45, 2.75) is 25.6 Å². The number of methoxy groups -OCH3 is 1. The summed E-state index contributed by atoms with van der Waals surface area (Å²) < 4.78 is 10.8. The first-order valence-electron chi connectivity index (χ1n) is 6.85. The number of nitrogens with one attached hydrogen (secondary N) is 1. The number of carbonyl (C=O) groups is 1. The van der Waals surface area contributed by atoms with E-state index in [1.54, 1.807) is 19.1 Å². The second-order valence-electron chi connectivity index (χ2n) is 5.01. The molecule has 0 unspecified atom stereocenters. The lowest BCUT2D eigenvalue weighted by molar-refractivity contribution is -0.138. The van der Waals surface area contributed by atoms with Crippen LogP contribution in [0, 0.1) is 0 Å². The summed E-state index contributed by atoms with van der Waals surface area (Å²) in [5.41, 5.74) is 0.996. The summed E-state index contributed by atoms with van der Waals surface area (Å²) in [5.74, 6) is 0.844. The van der Waals surface area contributed by atoms with Gasteiger partial charge in [-0.25, -0.2) is 0 Å². The minimum Gasteiger partial charge on any atom is -0.496 e. The molecule has 1 fully saturated rings. The Labute approximate surface area is 132 Å². The lowest BCUT2D eigenvalue weighted by Gasteiger charge is -2.32. The number of ether oxygens (including phenoxy) is 2. The Balaban J connectivity index is 0.00000220. The van der Waals surface area contributed by atoms with Gasteiger partial charge in [0.15, 0.2) is 0 Å². The summed E-state index contributed by atoms with van der Waals surface area (Å²) in [6.45, 7) is 3.81. The molecule has 5 nitrogen and oxygen atoms in total. The van der Waals surface area contributed by atoms with E-state index in [4.69, 9.17) is 9.47 Å². The van der Waals surface area contributed by atoms with Crippen molar-refractivity contribution in [3.8, 4) is 5.75 Å². The Bertz CT molecular complexity index is 470. The fourth-order valence-corrected chi connectivity index (χ4v) is 2.41. The average molecular weight is 315 g/mol. The van der Waals surface area contributed by atoms with Crippen molar-refractivity contribution >= 4 is 18.3 Å². The highest BCUT2D eigenvalue weighted by Crippen LogP contribution is 2.19. The van der Waals surface area contributed by atoms with Gasteiger partial charge in [-0.05, 0) is 13.0 Å². The minimum atomic E-state index is -0.275. The van der Waals surface area contributed by atoms with Crippen molar-refractivity contribution < 1.29 is 14.3 Å². The molecule has 1 saturated heterocycles. The number of nitrogens with zero attached hydrogens (tertiary/aromatic N) is 1. The number of morpholine rings is 1. The lowest BCUT2D eigenvalue weighted by atomic mass is 10.1. The van der Waals surface area contributed by atoms with Crippen molar-refractivity contribution in [3.63, 3.8) is 0 Å². The van der Waals surface area contributed by atoms with E-state index in [2.05, 4.69) is 5.32 Å². The molecule has 1 aromatic rings. The van der Waals surface area contributed by atoms with Crippen LogP contribution in [0.3, 0.4) is 0 Å². The fraction of sp³-hybridized carbons (Fsp3) is 0.533. The van der Waals surface area contributed by atoms with Crippen LogP contribution in [0.4, 0.5) is 0 Å². The van der Waals surface area contributed by atoms with Gasteiger partial charge in [-0.3, -0.25) is 4.79 Å². The third-order valence-corrected chi connectivity index (χ3v) is 3.56. The largest absolute Gasteiger partial charge is 0.496 e. The first-order chi connectivity index (χ1) is 9.63. The number of para-hydroxylation sites is 1. The van der Waals surface area contributed by atoms with Crippen LogP contribution in [-0.2, 0) is 16.1 Å². The topological polar surface area (TPSA) is 50.8 Å². The molecule has 1 N–H and O–H groups in total. The van der Waals surface area contributed by atoms with E-state index >= 15 is 0 Å². The zero-order valence-corrected chi connectivity index (χ0v) is 13.5. The first kappa shape index (κ1) is 17.8. The summed E-state index contributed by atoms with van der Waals surface area (Å²) in [5, 5.41) is 3.22. The van der Waals surface area contributed by atoms with Gasteiger partial charge < -0.3 is 19.7 Å². The van der Waals surface area contributed by atoms with E-state index in [0.29, 0.717) is 19.7 Å². The SMILES string of the molecule is COc1ccccc1CN(C)C(=O)[C@H]1NCCO[C@@H]1C.Cl. The molecule has 0 aromatic heterocycles. The number of amides is 1. The molecule has 1 heterocycles. The van der Waals surface area contributed by atoms with Crippen molar-refractivity contribution in [3.05, 3.63) is 29.8 Å². The molecule has 0 radical (unpaired) electrons. The monoisotopic (exact) mass is 314 g/mol. The molecule has 0 aliphatic carbocycles. The molecule has 0 saturated carbocycles. The van der Waals surface area contributed by atoms with Gasteiger partial charge in [0.05, 0.1) is 19.8 Å². The smallest absolute Gasteiger partial charge is 0.242 e. The number of hydrogen-bond acceptors (Lipinski definition) is 4. The van der Waals surface area contributed by atoms with Gasteiger partial charge in [-0.1, -0.05) is 18.2 Å². The third kappa shape index (κ3) is 4.33. The molecule has 0 bridgehead atoms. The zero-order chi connectivity index (χ0) is 14.5. The second kappa shape index (κ2) is 8.22. The molecule has 2 atom stereocenters. The van der Waals surface area contributed by atoms with E-state index in [1.165, 1.54) is 0 Å². The Hall–Kier alpha value is -1.30. The van der Waals surface area contributed by atoms with Gasteiger partial charge in [0.2, 0.25) is 5.91 Å². The molecule has 1 aliphatic rings. The Morgan fingerprint density at radius 3 is 2.86 bits per heavy atom. The van der Waals surface area contributed by atoms with Gasteiger partial charge in [-0.2, -0.15) is 0 Å². The molecule has 1 aromatic carbocycles. The summed E-state index contributed by atoms with van der Waals surface area (Å²) in [4.78, 5) is 14.2. The predicted octanol–water partition coefficient (Wildman–Crippen LogP) is 1.45. The number of likely N-dealkylation sites (N-methyl/N-ethyl adjacent to an activating group) is 1. The van der Waals surface area contributed by atoms with Crippen molar-refractivity contribution in [2.75, 3.05) is 27.3 Å². The van der Waals surface area contributed by atoms with Crippen LogP contribution < -0.4 is 10.1 Å². The van der Waals surface area contributed by atoms with Crippen LogP contribution in [0.15, 0.2) is 24.3 Å². The molecular formula is C15H23ClN2O3. The van der Waals surface area contributed by atoms with Crippen LogP contribution in [0.25, 0.3) is 0 Å². The summed E-state index contributed by atoms with van der Waals surface area (Å²) in [7, 11) is 3.44. The Morgan fingerprint density at radius 1 is 1.48 bits per heavy atom. The number of carbonyl (C=O) groups excluding carboxylic acids is 1. The van der Waals surface area contributed by atoms with Gasteiger partial charge >= 0.3 is 0 Å². The number of benzene rings is 1. The van der Waals surface area contributed by atoms with Crippen LogP contribution >= 0.6 is 12.4 Å². The Kier molecular flexibility index (Phi) is 6.95. The van der Waals surface area contributed by atoms with E-state index in [0.717, 1.165) is 11.3 Å². The van der Waals surface area contributed by atoms with Crippen molar-refractivity contribution in [1.29, 1.82) is 0 Å². The number of halogens is 1. The van der Waals surface area contributed by atoms with Gasteiger partial charge in [-0.15, -0.1) is 12.4 Å². The average Bonchev–Trinajstić information content (AvgIpc) is 2.47.